The van der Waals surface area contributed by atoms with Gasteiger partial charge >= 0.3 is 6.03 Å². The lowest BCUT2D eigenvalue weighted by Crippen LogP contribution is -2.38. The van der Waals surface area contributed by atoms with Crippen molar-refractivity contribution >= 4 is 11.8 Å². The third-order valence-electron chi connectivity index (χ3n) is 4.48. The van der Waals surface area contributed by atoms with Gasteiger partial charge < -0.3 is 5.32 Å². The van der Waals surface area contributed by atoms with E-state index in [9.17, 15) is 4.79 Å². The van der Waals surface area contributed by atoms with Crippen LogP contribution in [0.3, 0.4) is 0 Å². The first kappa shape index (κ1) is 16.5. The number of H-pyrrole nitrogens is 1. The Hall–Kier alpha value is -2.31. The van der Waals surface area contributed by atoms with Crippen LogP contribution in [0.5, 0.6) is 0 Å². The van der Waals surface area contributed by atoms with Gasteiger partial charge in [0.05, 0.1) is 17.9 Å². The standard InChI is InChI=1S/C17H26N6O/c1-12(10-14-11-13(2)21-22-14)19-17(24)20-16-8-9-18-23(16)15-6-4-3-5-7-15/h8-9,11-12,15H,3-7,10H2,1-2H3,(H,21,22)(H2,19,20,24). The Labute approximate surface area is 142 Å². The number of anilines is 1. The van der Waals surface area contributed by atoms with Crippen LogP contribution < -0.4 is 10.6 Å². The van der Waals surface area contributed by atoms with E-state index < -0.39 is 0 Å². The summed E-state index contributed by atoms with van der Waals surface area (Å²) in [4.78, 5) is 12.3. The molecule has 0 saturated heterocycles. The van der Waals surface area contributed by atoms with Crippen LogP contribution in [0, 0.1) is 6.92 Å². The first-order valence-corrected chi connectivity index (χ1v) is 8.74. The predicted molar refractivity (Wildman–Crippen MR) is 93.0 cm³/mol. The third kappa shape index (κ3) is 4.15. The summed E-state index contributed by atoms with van der Waals surface area (Å²) in [6, 6.07) is 4.05. The zero-order chi connectivity index (χ0) is 16.9. The lowest BCUT2D eigenvalue weighted by molar-refractivity contribution is 0.248. The molecule has 2 heterocycles. The second-order valence-corrected chi connectivity index (χ2v) is 6.70. The van der Waals surface area contributed by atoms with Gasteiger partial charge in [0.2, 0.25) is 0 Å². The van der Waals surface area contributed by atoms with Gasteiger partial charge in [-0.05, 0) is 32.8 Å². The Morgan fingerprint density at radius 2 is 2.21 bits per heavy atom. The highest BCUT2D eigenvalue weighted by molar-refractivity contribution is 5.88. The Bertz CT molecular complexity index is 670. The van der Waals surface area contributed by atoms with E-state index in [2.05, 4.69) is 25.9 Å². The molecule has 7 heteroatoms. The Morgan fingerprint density at radius 3 is 2.92 bits per heavy atom. The number of hydrogen-bond acceptors (Lipinski definition) is 3. The van der Waals surface area contributed by atoms with E-state index in [0.29, 0.717) is 12.5 Å². The second kappa shape index (κ2) is 7.51. The SMILES string of the molecule is Cc1cc(CC(C)NC(=O)Nc2ccnn2C2CCCCC2)n[nH]1. The van der Waals surface area contributed by atoms with Crippen LogP contribution in [0.1, 0.15) is 56.5 Å². The summed E-state index contributed by atoms with van der Waals surface area (Å²) in [5.41, 5.74) is 1.98. The van der Waals surface area contributed by atoms with Gasteiger partial charge in [-0.25, -0.2) is 9.48 Å². The number of nitrogens with one attached hydrogen (secondary N) is 3. The molecule has 24 heavy (non-hydrogen) atoms. The molecule has 0 radical (unpaired) electrons. The van der Waals surface area contributed by atoms with Gasteiger partial charge in [-0.1, -0.05) is 19.3 Å². The molecule has 2 amide bonds. The number of aromatic amines is 1. The molecule has 7 nitrogen and oxygen atoms in total. The lowest BCUT2D eigenvalue weighted by Gasteiger charge is -2.24. The van der Waals surface area contributed by atoms with Crippen LogP contribution in [0.15, 0.2) is 18.3 Å². The number of nitrogens with zero attached hydrogens (tertiary/aromatic N) is 3. The van der Waals surface area contributed by atoms with E-state index in [1.54, 1.807) is 6.20 Å². The summed E-state index contributed by atoms with van der Waals surface area (Å²) in [6.45, 7) is 3.94. The molecule has 0 aromatic carbocycles. The van der Waals surface area contributed by atoms with E-state index in [4.69, 9.17) is 0 Å². The highest BCUT2D eigenvalue weighted by Crippen LogP contribution is 2.29. The number of aryl methyl sites for hydroxylation is 1. The van der Waals surface area contributed by atoms with Gasteiger partial charge in [0.25, 0.3) is 0 Å². The predicted octanol–water partition coefficient (Wildman–Crippen LogP) is 3.17. The zero-order valence-corrected chi connectivity index (χ0v) is 14.4. The average Bonchev–Trinajstić information content (AvgIpc) is 3.17. The number of urea groups is 1. The second-order valence-electron chi connectivity index (χ2n) is 6.70. The molecular weight excluding hydrogens is 304 g/mol. The molecule has 1 aliphatic rings. The van der Waals surface area contributed by atoms with Gasteiger partial charge in [-0.15, -0.1) is 0 Å². The van der Waals surface area contributed by atoms with Crippen molar-refractivity contribution in [1.29, 1.82) is 0 Å². The number of rotatable bonds is 5. The van der Waals surface area contributed by atoms with Crippen LogP contribution in [0.2, 0.25) is 0 Å². The minimum absolute atomic E-state index is 0.00116. The maximum atomic E-state index is 12.3. The van der Waals surface area contributed by atoms with Crippen molar-refractivity contribution in [2.45, 2.75) is 64.5 Å². The highest BCUT2D eigenvalue weighted by Gasteiger charge is 2.19. The zero-order valence-electron chi connectivity index (χ0n) is 14.4. The largest absolute Gasteiger partial charge is 0.335 e. The topological polar surface area (TPSA) is 87.6 Å². The molecule has 2 aromatic rings. The van der Waals surface area contributed by atoms with Crippen LogP contribution >= 0.6 is 0 Å². The number of carbonyl (C=O) groups excluding carboxylic acids is 1. The van der Waals surface area contributed by atoms with Crippen molar-refractivity contribution in [2.75, 3.05) is 5.32 Å². The maximum Gasteiger partial charge on any atom is 0.320 e. The van der Waals surface area contributed by atoms with Crippen LogP contribution in [-0.4, -0.2) is 32.1 Å². The molecule has 3 N–H and O–H groups in total. The van der Waals surface area contributed by atoms with Crippen LogP contribution in [-0.2, 0) is 6.42 Å². The minimum atomic E-state index is -0.202. The molecule has 0 aliphatic heterocycles. The maximum absolute atomic E-state index is 12.3. The quantitative estimate of drug-likeness (QED) is 0.787. The Morgan fingerprint density at radius 1 is 1.42 bits per heavy atom. The Kier molecular flexibility index (Phi) is 5.17. The smallest absolute Gasteiger partial charge is 0.320 e. The molecule has 1 atom stereocenters. The van der Waals surface area contributed by atoms with E-state index in [-0.39, 0.29) is 12.1 Å². The Balaban J connectivity index is 1.54. The fourth-order valence-electron chi connectivity index (χ4n) is 3.35. The number of hydrogen-bond donors (Lipinski definition) is 3. The van der Waals surface area contributed by atoms with Gasteiger partial charge in [-0.3, -0.25) is 10.4 Å². The first-order valence-electron chi connectivity index (χ1n) is 8.74. The van der Waals surface area contributed by atoms with Gasteiger partial charge in [0.1, 0.15) is 5.82 Å². The van der Waals surface area contributed by atoms with E-state index in [1.165, 1.54) is 19.3 Å². The molecule has 130 valence electrons. The summed E-state index contributed by atoms with van der Waals surface area (Å²) in [5, 5.41) is 17.4. The molecule has 1 aliphatic carbocycles. The molecule has 1 fully saturated rings. The molecular formula is C17H26N6O. The monoisotopic (exact) mass is 330 g/mol. The van der Waals surface area contributed by atoms with Gasteiger partial charge in [-0.2, -0.15) is 10.2 Å². The van der Waals surface area contributed by atoms with Crippen molar-refractivity contribution < 1.29 is 4.79 Å². The minimum Gasteiger partial charge on any atom is -0.335 e. The van der Waals surface area contributed by atoms with Gasteiger partial charge in [0, 0.05) is 24.2 Å². The third-order valence-corrected chi connectivity index (χ3v) is 4.48. The van der Waals surface area contributed by atoms with E-state index >= 15 is 0 Å². The summed E-state index contributed by atoms with van der Waals surface area (Å²) in [5.74, 6) is 0.766. The fourth-order valence-corrected chi connectivity index (χ4v) is 3.35. The highest BCUT2D eigenvalue weighted by atomic mass is 16.2. The fraction of sp³-hybridized carbons (Fsp3) is 0.588. The summed E-state index contributed by atoms with van der Waals surface area (Å²) in [7, 11) is 0. The van der Waals surface area contributed by atoms with Crippen molar-refractivity contribution in [3.63, 3.8) is 0 Å². The number of carbonyl (C=O) groups is 1. The number of amides is 2. The van der Waals surface area contributed by atoms with Gasteiger partial charge in [0.15, 0.2) is 0 Å². The normalized spacial score (nSPS) is 16.8. The van der Waals surface area contributed by atoms with Crippen LogP contribution in [0.4, 0.5) is 10.6 Å². The van der Waals surface area contributed by atoms with E-state index in [1.807, 2.05) is 30.7 Å². The summed E-state index contributed by atoms with van der Waals surface area (Å²) < 4.78 is 1.96. The molecule has 1 saturated carbocycles. The summed E-state index contributed by atoms with van der Waals surface area (Å²) >= 11 is 0. The van der Waals surface area contributed by atoms with Crippen molar-refractivity contribution in [1.82, 2.24) is 25.3 Å². The molecule has 2 aromatic heterocycles. The van der Waals surface area contributed by atoms with Crippen molar-refractivity contribution in [2.24, 2.45) is 0 Å². The number of aromatic nitrogens is 4. The van der Waals surface area contributed by atoms with Crippen molar-refractivity contribution in [3.05, 3.63) is 29.7 Å². The first-order chi connectivity index (χ1) is 11.6. The average molecular weight is 330 g/mol. The van der Waals surface area contributed by atoms with Crippen LogP contribution in [0.25, 0.3) is 0 Å². The lowest BCUT2D eigenvalue weighted by atomic mass is 9.96. The van der Waals surface area contributed by atoms with E-state index in [0.717, 1.165) is 30.0 Å². The molecule has 0 bridgehead atoms. The molecule has 3 rings (SSSR count). The molecule has 1 unspecified atom stereocenters. The van der Waals surface area contributed by atoms with Crippen molar-refractivity contribution in [3.8, 4) is 0 Å². The summed E-state index contributed by atoms with van der Waals surface area (Å²) in [6.07, 6.45) is 8.47. The molecule has 0 spiro atoms.